The van der Waals surface area contributed by atoms with E-state index in [4.69, 9.17) is 9.47 Å². The molecule has 0 aliphatic carbocycles. The summed E-state index contributed by atoms with van der Waals surface area (Å²) in [7, 11) is 1.81. The third-order valence-corrected chi connectivity index (χ3v) is 6.01. The molecule has 0 saturated carbocycles. The highest BCUT2D eigenvalue weighted by atomic mass is 127. The second-order valence-electron chi connectivity index (χ2n) is 7.65. The lowest BCUT2D eigenvalue weighted by Crippen LogP contribution is -2.39. The number of nitrogens with one attached hydrogen (secondary N) is 2. The lowest BCUT2D eigenvalue weighted by atomic mass is 10.1. The highest BCUT2D eigenvalue weighted by Gasteiger charge is 2.10. The molecule has 0 spiro atoms. The van der Waals surface area contributed by atoms with Gasteiger partial charge in [0.15, 0.2) is 5.96 Å². The van der Waals surface area contributed by atoms with E-state index >= 15 is 0 Å². The van der Waals surface area contributed by atoms with Gasteiger partial charge in [-0.2, -0.15) is 0 Å². The molecule has 0 bridgehead atoms. The molecule has 8 heteroatoms. The Hall–Kier alpha value is -1.36. The van der Waals surface area contributed by atoms with Crippen LogP contribution >= 0.6 is 35.3 Å². The molecule has 1 aliphatic rings. The molecule has 6 nitrogen and oxygen atoms in total. The van der Waals surface area contributed by atoms with Crippen LogP contribution in [0.5, 0.6) is 5.75 Å². The number of nitrogens with zero attached hydrogens (tertiary/aromatic N) is 2. The van der Waals surface area contributed by atoms with Gasteiger partial charge in [-0.3, -0.25) is 9.89 Å². The third kappa shape index (κ3) is 9.76. The van der Waals surface area contributed by atoms with Crippen LogP contribution in [0.1, 0.15) is 17.4 Å². The largest absolute Gasteiger partial charge is 0.492 e. The van der Waals surface area contributed by atoms with Crippen molar-refractivity contribution in [2.75, 3.05) is 53.0 Å². The lowest BCUT2D eigenvalue weighted by molar-refractivity contribution is 0.0322. The molecule has 1 atom stereocenters. The second-order valence-corrected chi connectivity index (χ2v) is 8.68. The summed E-state index contributed by atoms with van der Waals surface area (Å²) in [6, 6.07) is 12.6. The van der Waals surface area contributed by atoms with E-state index < -0.39 is 0 Å². The monoisotopic (exact) mass is 558 g/mol. The summed E-state index contributed by atoms with van der Waals surface area (Å²) in [4.78, 5) is 8.15. The highest BCUT2D eigenvalue weighted by molar-refractivity contribution is 14.0. The Labute approximate surface area is 207 Å². The fraction of sp³-hybridized carbons (Fsp3) is 0.522. The van der Waals surface area contributed by atoms with Gasteiger partial charge in [-0.05, 0) is 41.5 Å². The smallest absolute Gasteiger partial charge is 0.191 e. The molecule has 1 aromatic carbocycles. The summed E-state index contributed by atoms with van der Waals surface area (Å²) in [5.41, 5.74) is 1.17. The van der Waals surface area contributed by atoms with Gasteiger partial charge in [0.2, 0.25) is 0 Å². The minimum Gasteiger partial charge on any atom is -0.492 e. The zero-order valence-electron chi connectivity index (χ0n) is 18.5. The third-order valence-electron chi connectivity index (χ3n) is 5.11. The zero-order valence-corrected chi connectivity index (χ0v) is 21.7. The minimum atomic E-state index is 0. The Morgan fingerprint density at radius 1 is 1.23 bits per heavy atom. The number of benzene rings is 1. The normalized spacial score (nSPS) is 15.7. The molecule has 31 heavy (non-hydrogen) atoms. The van der Waals surface area contributed by atoms with Crippen LogP contribution in [-0.2, 0) is 17.7 Å². The van der Waals surface area contributed by atoms with Gasteiger partial charge in [0.1, 0.15) is 12.4 Å². The van der Waals surface area contributed by atoms with Crippen LogP contribution in [0, 0.1) is 5.92 Å². The van der Waals surface area contributed by atoms with E-state index in [9.17, 15) is 0 Å². The average Bonchev–Trinajstić information content (AvgIpc) is 3.28. The molecule has 1 aliphatic heterocycles. The first-order valence-corrected chi connectivity index (χ1v) is 11.6. The molecule has 2 aromatic rings. The lowest BCUT2D eigenvalue weighted by Gasteiger charge is -2.26. The van der Waals surface area contributed by atoms with E-state index in [0.717, 1.165) is 57.5 Å². The molecule has 3 rings (SSSR count). The van der Waals surface area contributed by atoms with Gasteiger partial charge >= 0.3 is 0 Å². The minimum absolute atomic E-state index is 0. The molecule has 2 N–H and O–H groups in total. The number of halogens is 1. The highest BCUT2D eigenvalue weighted by Crippen LogP contribution is 2.14. The number of morpholine rings is 1. The van der Waals surface area contributed by atoms with Crippen molar-refractivity contribution < 1.29 is 9.47 Å². The predicted octanol–water partition coefficient (Wildman–Crippen LogP) is 3.62. The molecule has 1 aromatic heterocycles. The van der Waals surface area contributed by atoms with Crippen LogP contribution in [-0.4, -0.2) is 63.9 Å². The van der Waals surface area contributed by atoms with E-state index in [-0.39, 0.29) is 24.0 Å². The fourth-order valence-electron chi connectivity index (χ4n) is 3.38. The van der Waals surface area contributed by atoms with E-state index in [1.54, 1.807) is 0 Å². The number of thiophene rings is 1. The van der Waals surface area contributed by atoms with Crippen molar-refractivity contribution in [3.8, 4) is 5.75 Å². The molecular weight excluding hydrogens is 523 g/mol. The summed E-state index contributed by atoms with van der Waals surface area (Å²) in [5.74, 6) is 2.28. The van der Waals surface area contributed by atoms with Crippen molar-refractivity contribution in [3.63, 3.8) is 0 Å². The van der Waals surface area contributed by atoms with Crippen molar-refractivity contribution in [1.82, 2.24) is 15.5 Å². The van der Waals surface area contributed by atoms with Crippen LogP contribution in [0.4, 0.5) is 0 Å². The van der Waals surface area contributed by atoms with Gasteiger partial charge in [0, 0.05) is 44.6 Å². The van der Waals surface area contributed by atoms with Crippen LogP contribution in [0.25, 0.3) is 0 Å². The Morgan fingerprint density at radius 3 is 2.81 bits per heavy atom. The van der Waals surface area contributed by atoms with Crippen molar-refractivity contribution in [2.24, 2.45) is 10.9 Å². The Balaban J connectivity index is 0.00000341. The summed E-state index contributed by atoms with van der Waals surface area (Å²) in [6.07, 6.45) is 1.09. The number of hydrogen-bond donors (Lipinski definition) is 2. The first kappa shape index (κ1) is 25.9. The van der Waals surface area contributed by atoms with Crippen LogP contribution < -0.4 is 15.4 Å². The molecule has 172 valence electrons. The summed E-state index contributed by atoms with van der Waals surface area (Å²) < 4.78 is 11.3. The zero-order chi connectivity index (χ0) is 21.0. The van der Waals surface area contributed by atoms with Gasteiger partial charge in [0.25, 0.3) is 0 Å². The molecule has 2 heterocycles. The fourth-order valence-corrected chi connectivity index (χ4v) is 4.25. The van der Waals surface area contributed by atoms with Gasteiger partial charge in [0.05, 0.1) is 13.2 Å². The van der Waals surface area contributed by atoms with Crippen molar-refractivity contribution in [2.45, 2.75) is 19.9 Å². The number of aliphatic imine (C=N–C) groups is 1. The van der Waals surface area contributed by atoms with Crippen LogP contribution in [0.15, 0.2) is 46.8 Å². The number of hydrogen-bond acceptors (Lipinski definition) is 5. The first-order valence-electron chi connectivity index (χ1n) is 10.7. The summed E-state index contributed by atoms with van der Waals surface area (Å²) in [5, 5.41) is 8.97. The van der Waals surface area contributed by atoms with Crippen molar-refractivity contribution >= 4 is 41.3 Å². The quantitative estimate of drug-likeness (QED) is 0.265. The van der Waals surface area contributed by atoms with Crippen molar-refractivity contribution in [3.05, 3.63) is 52.2 Å². The second kappa shape index (κ2) is 14.7. The summed E-state index contributed by atoms with van der Waals surface area (Å²) in [6.45, 7) is 9.12. The molecule has 1 saturated heterocycles. The Kier molecular flexibility index (Phi) is 12.2. The maximum absolute atomic E-state index is 5.96. The number of guanidine groups is 1. The van der Waals surface area contributed by atoms with Gasteiger partial charge in [-0.15, -0.1) is 35.3 Å². The van der Waals surface area contributed by atoms with Gasteiger partial charge in [-0.25, -0.2) is 0 Å². The Bertz CT molecular complexity index is 767. The average molecular weight is 559 g/mol. The maximum atomic E-state index is 5.96. The number of ether oxygens (including phenoxy) is 2. The van der Waals surface area contributed by atoms with E-state index in [2.05, 4.69) is 57.1 Å². The topological polar surface area (TPSA) is 58.1 Å². The molecular formula is C23H35IN4O2S. The van der Waals surface area contributed by atoms with Crippen LogP contribution in [0.3, 0.4) is 0 Å². The van der Waals surface area contributed by atoms with Gasteiger partial charge in [-0.1, -0.05) is 25.1 Å². The van der Waals surface area contributed by atoms with E-state index in [1.807, 2.05) is 30.5 Å². The SMILES string of the molecule is CN=C(NCc1cccc(OCCN2CCOCC2)c1)NCC(C)Cc1cccs1.I. The van der Waals surface area contributed by atoms with Gasteiger partial charge < -0.3 is 20.1 Å². The van der Waals surface area contributed by atoms with E-state index in [1.165, 1.54) is 10.4 Å². The molecule has 0 radical (unpaired) electrons. The first-order chi connectivity index (χ1) is 14.7. The molecule has 1 fully saturated rings. The molecule has 0 amide bonds. The number of rotatable bonds is 10. The summed E-state index contributed by atoms with van der Waals surface area (Å²) >= 11 is 1.82. The maximum Gasteiger partial charge on any atom is 0.191 e. The Morgan fingerprint density at radius 2 is 2.06 bits per heavy atom. The van der Waals surface area contributed by atoms with E-state index in [0.29, 0.717) is 19.1 Å². The van der Waals surface area contributed by atoms with Crippen molar-refractivity contribution in [1.29, 1.82) is 0 Å². The molecule has 1 unspecified atom stereocenters. The standard InChI is InChI=1S/C23H34N4O2S.HI/c1-19(15-22-7-4-14-30-22)17-25-23(24-2)26-18-20-5-3-6-21(16-20)29-13-10-27-8-11-28-12-9-27;/h3-7,14,16,19H,8-13,15,17-18H2,1-2H3,(H2,24,25,26);1H. The van der Waals surface area contributed by atoms with Crippen LogP contribution in [0.2, 0.25) is 0 Å². The predicted molar refractivity (Wildman–Crippen MR) is 140 cm³/mol.